The van der Waals surface area contributed by atoms with Crippen molar-refractivity contribution in [3.63, 3.8) is 0 Å². The zero-order valence-corrected chi connectivity index (χ0v) is 14.1. The average molecular weight is 329 g/mol. The molecule has 0 aromatic heterocycles. The zero-order valence-electron chi connectivity index (χ0n) is 14.1. The number of methoxy groups -OCH3 is 1. The minimum absolute atomic E-state index is 0.0121. The van der Waals surface area contributed by atoms with E-state index in [1.165, 1.54) is 7.11 Å². The summed E-state index contributed by atoms with van der Waals surface area (Å²) >= 11 is 0. The second-order valence-electron chi connectivity index (χ2n) is 6.45. The predicted molar refractivity (Wildman–Crippen MR) is 90.5 cm³/mol. The van der Waals surface area contributed by atoms with Crippen LogP contribution in [0.2, 0.25) is 0 Å². The molecule has 0 radical (unpaired) electrons. The first-order valence-electron chi connectivity index (χ1n) is 8.33. The number of ether oxygens (including phenoxy) is 2. The molecule has 1 aromatic carbocycles. The molecule has 4 atom stereocenters. The summed E-state index contributed by atoms with van der Waals surface area (Å²) < 4.78 is 10.6. The summed E-state index contributed by atoms with van der Waals surface area (Å²) in [6.07, 6.45) is 3.30. The highest BCUT2D eigenvalue weighted by Crippen LogP contribution is 2.36. The Morgan fingerprint density at radius 2 is 2.00 bits per heavy atom. The first-order chi connectivity index (χ1) is 11.5. The summed E-state index contributed by atoms with van der Waals surface area (Å²) in [5, 5.41) is 0. The molecular formula is C19H23NO4. The number of esters is 1. The second kappa shape index (κ2) is 6.77. The molecule has 0 spiro atoms. The topological polar surface area (TPSA) is 55.8 Å². The smallest absolute Gasteiger partial charge is 0.335 e. The Morgan fingerprint density at radius 3 is 2.62 bits per heavy atom. The van der Waals surface area contributed by atoms with E-state index >= 15 is 0 Å². The maximum absolute atomic E-state index is 13.0. The molecule has 1 aromatic rings. The van der Waals surface area contributed by atoms with Gasteiger partial charge in [-0.15, -0.1) is 0 Å². The van der Waals surface area contributed by atoms with Crippen molar-refractivity contribution in [1.29, 1.82) is 0 Å². The van der Waals surface area contributed by atoms with Gasteiger partial charge in [0.2, 0.25) is 0 Å². The highest BCUT2D eigenvalue weighted by atomic mass is 16.6. The molecule has 0 unspecified atom stereocenters. The summed E-state index contributed by atoms with van der Waals surface area (Å²) in [6, 6.07) is 7.46. The monoisotopic (exact) mass is 329 g/mol. The molecule has 2 aliphatic heterocycles. The molecule has 128 valence electrons. The SMILES string of the molecule is C=Cc1ccc(C(=O)N2[C@H](C)CC[C@@H]3O[C@@H](C(=O)OC)C[C@@H]32)cc1. The van der Waals surface area contributed by atoms with Crippen molar-refractivity contribution >= 4 is 18.0 Å². The Morgan fingerprint density at radius 1 is 1.29 bits per heavy atom. The summed E-state index contributed by atoms with van der Waals surface area (Å²) in [5.74, 6) is -0.373. The number of fused-ring (bicyclic) bond motifs is 1. The van der Waals surface area contributed by atoms with Crippen LogP contribution in [0, 0.1) is 0 Å². The van der Waals surface area contributed by atoms with E-state index in [0.29, 0.717) is 12.0 Å². The summed E-state index contributed by atoms with van der Waals surface area (Å²) in [4.78, 5) is 26.7. The van der Waals surface area contributed by atoms with Gasteiger partial charge in [-0.05, 0) is 37.5 Å². The molecule has 3 rings (SSSR count). The number of piperidine rings is 1. The highest BCUT2D eigenvalue weighted by Gasteiger charge is 2.47. The molecule has 0 bridgehead atoms. The van der Waals surface area contributed by atoms with Gasteiger partial charge in [0.05, 0.1) is 19.3 Å². The van der Waals surface area contributed by atoms with Crippen molar-refractivity contribution in [2.75, 3.05) is 7.11 Å². The molecular weight excluding hydrogens is 306 g/mol. The number of hydrogen-bond donors (Lipinski definition) is 0. The third-order valence-electron chi connectivity index (χ3n) is 5.02. The number of amides is 1. The van der Waals surface area contributed by atoms with Gasteiger partial charge < -0.3 is 14.4 Å². The fourth-order valence-electron chi connectivity index (χ4n) is 3.70. The standard InChI is InChI=1S/C19H23NO4/c1-4-13-6-8-14(9-7-13)18(21)20-12(2)5-10-16-15(20)11-17(24-16)19(22)23-3/h4,6-9,12,15-17H,1,5,10-11H2,2-3H3/t12-,15+,16+,17-/m1/s1. The highest BCUT2D eigenvalue weighted by molar-refractivity contribution is 5.95. The quantitative estimate of drug-likeness (QED) is 0.800. The van der Waals surface area contributed by atoms with Gasteiger partial charge in [0, 0.05) is 18.0 Å². The lowest BCUT2D eigenvalue weighted by atomic mass is 9.91. The lowest BCUT2D eigenvalue weighted by Gasteiger charge is -2.41. The van der Waals surface area contributed by atoms with Gasteiger partial charge in [0.1, 0.15) is 0 Å². The average Bonchev–Trinajstić information content (AvgIpc) is 3.04. The van der Waals surface area contributed by atoms with Crippen LogP contribution >= 0.6 is 0 Å². The molecule has 2 aliphatic rings. The van der Waals surface area contributed by atoms with Gasteiger partial charge in [0.25, 0.3) is 5.91 Å². The molecule has 24 heavy (non-hydrogen) atoms. The first kappa shape index (κ1) is 16.7. The van der Waals surface area contributed by atoms with Crippen LogP contribution in [0.3, 0.4) is 0 Å². The molecule has 2 saturated heterocycles. The molecule has 0 aliphatic carbocycles. The Hall–Kier alpha value is -2.14. The largest absolute Gasteiger partial charge is 0.467 e. The van der Waals surface area contributed by atoms with Crippen LogP contribution in [-0.4, -0.2) is 48.2 Å². The molecule has 5 heteroatoms. The Balaban J connectivity index is 1.82. The Labute approximate surface area is 142 Å². The Bertz CT molecular complexity index is 639. The van der Waals surface area contributed by atoms with E-state index in [1.807, 2.05) is 29.2 Å². The van der Waals surface area contributed by atoms with Gasteiger partial charge in [-0.3, -0.25) is 4.79 Å². The Kier molecular flexibility index (Phi) is 4.71. The van der Waals surface area contributed by atoms with Crippen molar-refractivity contribution in [3.05, 3.63) is 42.0 Å². The summed E-state index contributed by atoms with van der Waals surface area (Å²) in [7, 11) is 1.36. The minimum atomic E-state index is -0.575. The maximum atomic E-state index is 13.0. The number of nitrogens with zero attached hydrogens (tertiary/aromatic N) is 1. The van der Waals surface area contributed by atoms with E-state index in [0.717, 1.165) is 18.4 Å². The van der Waals surface area contributed by atoms with Gasteiger partial charge >= 0.3 is 5.97 Å². The van der Waals surface area contributed by atoms with Crippen LogP contribution in [0.5, 0.6) is 0 Å². The van der Waals surface area contributed by atoms with Crippen LogP contribution in [0.4, 0.5) is 0 Å². The number of likely N-dealkylation sites (tertiary alicyclic amines) is 1. The lowest BCUT2D eigenvalue weighted by molar-refractivity contribution is -0.153. The fourth-order valence-corrected chi connectivity index (χ4v) is 3.70. The number of hydrogen-bond acceptors (Lipinski definition) is 4. The number of carbonyl (C=O) groups is 2. The van der Waals surface area contributed by atoms with Crippen molar-refractivity contribution in [1.82, 2.24) is 4.90 Å². The zero-order chi connectivity index (χ0) is 17.3. The van der Waals surface area contributed by atoms with Crippen molar-refractivity contribution < 1.29 is 19.1 Å². The molecule has 0 N–H and O–H groups in total. The van der Waals surface area contributed by atoms with E-state index in [-0.39, 0.29) is 30.1 Å². The van der Waals surface area contributed by atoms with E-state index < -0.39 is 6.10 Å². The second-order valence-corrected chi connectivity index (χ2v) is 6.45. The molecule has 2 heterocycles. The normalized spacial score (nSPS) is 29.0. The lowest BCUT2D eigenvalue weighted by Crippen LogP contribution is -2.53. The summed E-state index contributed by atoms with van der Waals surface area (Å²) in [5.41, 5.74) is 1.63. The molecule has 0 saturated carbocycles. The molecule has 5 nitrogen and oxygen atoms in total. The van der Waals surface area contributed by atoms with Crippen molar-refractivity contribution in [2.45, 2.75) is 50.5 Å². The van der Waals surface area contributed by atoms with Gasteiger partial charge in [-0.25, -0.2) is 4.79 Å². The molecule has 2 fully saturated rings. The van der Waals surface area contributed by atoms with Crippen molar-refractivity contribution in [2.24, 2.45) is 0 Å². The van der Waals surface area contributed by atoms with Gasteiger partial charge in [-0.1, -0.05) is 24.8 Å². The van der Waals surface area contributed by atoms with Crippen LogP contribution < -0.4 is 0 Å². The van der Waals surface area contributed by atoms with Crippen LogP contribution in [-0.2, 0) is 14.3 Å². The third-order valence-corrected chi connectivity index (χ3v) is 5.02. The van der Waals surface area contributed by atoms with Gasteiger partial charge in [-0.2, -0.15) is 0 Å². The number of benzene rings is 1. The number of carbonyl (C=O) groups excluding carboxylic acids is 2. The fraction of sp³-hybridized carbons (Fsp3) is 0.474. The summed E-state index contributed by atoms with van der Waals surface area (Å²) in [6.45, 7) is 5.78. The molecule has 1 amide bonds. The number of rotatable bonds is 3. The van der Waals surface area contributed by atoms with Gasteiger partial charge in [0.15, 0.2) is 6.10 Å². The minimum Gasteiger partial charge on any atom is -0.467 e. The van der Waals surface area contributed by atoms with E-state index in [2.05, 4.69) is 13.5 Å². The van der Waals surface area contributed by atoms with Crippen LogP contribution in [0.25, 0.3) is 6.08 Å². The van der Waals surface area contributed by atoms with Crippen LogP contribution in [0.15, 0.2) is 30.8 Å². The third kappa shape index (κ3) is 2.96. The predicted octanol–water partition coefficient (Wildman–Crippen LogP) is 2.65. The van der Waals surface area contributed by atoms with E-state index in [9.17, 15) is 9.59 Å². The maximum Gasteiger partial charge on any atom is 0.335 e. The van der Waals surface area contributed by atoms with E-state index in [4.69, 9.17) is 9.47 Å². The van der Waals surface area contributed by atoms with Crippen molar-refractivity contribution in [3.8, 4) is 0 Å². The van der Waals surface area contributed by atoms with Crippen LogP contribution in [0.1, 0.15) is 42.1 Å². The van der Waals surface area contributed by atoms with E-state index in [1.54, 1.807) is 6.08 Å². The first-order valence-corrected chi connectivity index (χ1v) is 8.33.